The summed E-state index contributed by atoms with van der Waals surface area (Å²) >= 11 is 3.48. The zero-order valence-corrected chi connectivity index (χ0v) is 13.1. The molecule has 1 aliphatic rings. The van der Waals surface area contributed by atoms with Crippen molar-refractivity contribution in [3.63, 3.8) is 0 Å². The first kappa shape index (κ1) is 14.3. The third-order valence-corrected chi connectivity index (χ3v) is 4.31. The molecular formula is C14H20BrN3O. The Morgan fingerprint density at radius 3 is 2.74 bits per heavy atom. The van der Waals surface area contributed by atoms with Crippen LogP contribution < -0.4 is 5.73 Å². The van der Waals surface area contributed by atoms with E-state index < -0.39 is 0 Å². The minimum Gasteiger partial charge on any atom is -0.328 e. The Kier molecular flexibility index (Phi) is 3.87. The van der Waals surface area contributed by atoms with Crippen molar-refractivity contribution in [2.75, 3.05) is 20.1 Å². The van der Waals surface area contributed by atoms with Crippen molar-refractivity contribution in [3.8, 4) is 0 Å². The summed E-state index contributed by atoms with van der Waals surface area (Å²) < 4.78 is 1.03. The second-order valence-electron chi connectivity index (χ2n) is 5.59. The van der Waals surface area contributed by atoms with Crippen LogP contribution in [-0.2, 0) is 0 Å². The molecule has 19 heavy (non-hydrogen) atoms. The number of benzene rings is 1. The Morgan fingerprint density at radius 2 is 2.16 bits per heavy atom. The molecule has 2 amide bonds. The summed E-state index contributed by atoms with van der Waals surface area (Å²) in [6, 6.07) is 8.22. The smallest absolute Gasteiger partial charge is 0.320 e. The number of likely N-dealkylation sites (N-methyl/N-ethyl adjacent to an activating group) is 1. The van der Waals surface area contributed by atoms with E-state index in [0.717, 1.165) is 10.0 Å². The monoisotopic (exact) mass is 325 g/mol. The van der Waals surface area contributed by atoms with Crippen LogP contribution in [0.3, 0.4) is 0 Å². The normalized spacial score (nSPS) is 20.3. The van der Waals surface area contributed by atoms with Gasteiger partial charge in [-0.1, -0.05) is 28.1 Å². The highest BCUT2D eigenvalue weighted by Gasteiger charge is 2.42. The molecule has 5 heteroatoms. The van der Waals surface area contributed by atoms with E-state index in [1.165, 1.54) is 0 Å². The van der Waals surface area contributed by atoms with Crippen LogP contribution >= 0.6 is 15.9 Å². The van der Waals surface area contributed by atoms with E-state index in [0.29, 0.717) is 13.1 Å². The van der Waals surface area contributed by atoms with Crippen molar-refractivity contribution in [3.05, 3.63) is 34.3 Å². The van der Waals surface area contributed by atoms with Gasteiger partial charge in [0.25, 0.3) is 0 Å². The summed E-state index contributed by atoms with van der Waals surface area (Å²) in [5.74, 6) is 0. The van der Waals surface area contributed by atoms with Gasteiger partial charge < -0.3 is 15.5 Å². The van der Waals surface area contributed by atoms with E-state index in [2.05, 4.69) is 28.1 Å². The van der Waals surface area contributed by atoms with Crippen molar-refractivity contribution in [1.82, 2.24) is 9.80 Å². The molecule has 1 heterocycles. The van der Waals surface area contributed by atoms with Crippen molar-refractivity contribution < 1.29 is 4.79 Å². The number of nitrogens with two attached hydrogens (primary N) is 1. The lowest BCUT2D eigenvalue weighted by Crippen LogP contribution is -2.50. The van der Waals surface area contributed by atoms with E-state index in [-0.39, 0.29) is 17.6 Å². The van der Waals surface area contributed by atoms with Crippen LogP contribution in [0.15, 0.2) is 28.7 Å². The number of amides is 2. The van der Waals surface area contributed by atoms with Crippen LogP contribution in [0.2, 0.25) is 0 Å². The van der Waals surface area contributed by atoms with Crippen LogP contribution in [0.5, 0.6) is 0 Å². The Balaban J connectivity index is 2.29. The lowest BCUT2D eigenvalue weighted by atomic mass is 10.0. The van der Waals surface area contributed by atoms with Gasteiger partial charge in [0.1, 0.15) is 0 Å². The highest BCUT2D eigenvalue weighted by molar-refractivity contribution is 9.10. The Morgan fingerprint density at radius 1 is 1.47 bits per heavy atom. The molecule has 1 fully saturated rings. The van der Waals surface area contributed by atoms with Crippen LogP contribution in [-0.4, -0.2) is 41.5 Å². The van der Waals surface area contributed by atoms with Gasteiger partial charge in [-0.25, -0.2) is 4.79 Å². The lowest BCUT2D eigenvalue weighted by molar-refractivity contribution is 0.154. The Labute approximate surface area is 122 Å². The van der Waals surface area contributed by atoms with Crippen molar-refractivity contribution in [1.29, 1.82) is 0 Å². The molecule has 1 unspecified atom stereocenters. The highest BCUT2D eigenvalue weighted by Crippen LogP contribution is 2.33. The number of hydrogen-bond donors (Lipinski definition) is 1. The average Bonchev–Trinajstić information content (AvgIpc) is 2.67. The van der Waals surface area contributed by atoms with Crippen LogP contribution in [0.1, 0.15) is 25.5 Å². The van der Waals surface area contributed by atoms with E-state index in [1.54, 1.807) is 4.90 Å². The Hall–Kier alpha value is -1.07. The first-order valence-corrected chi connectivity index (χ1v) is 7.16. The van der Waals surface area contributed by atoms with Crippen LogP contribution in [0.4, 0.5) is 4.79 Å². The molecule has 1 atom stereocenters. The summed E-state index contributed by atoms with van der Waals surface area (Å²) in [6.07, 6.45) is 0. The van der Waals surface area contributed by atoms with Gasteiger partial charge in [0.05, 0.1) is 11.6 Å². The molecule has 0 radical (unpaired) electrons. The molecule has 2 N–H and O–H groups in total. The third-order valence-electron chi connectivity index (χ3n) is 3.82. The summed E-state index contributed by atoms with van der Waals surface area (Å²) in [7, 11) is 1.85. The molecular weight excluding hydrogens is 306 g/mol. The number of urea groups is 1. The first-order chi connectivity index (χ1) is 8.86. The zero-order valence-electron chi connectivity index (χ0n) is 11.6. The van der Waals surface area contributed by atoms with Crippen LogP contribution in [0.25, 0.3) is 0 Å². The second-order valence-corrected chi connectivity index (χ2v) is 6.51. The molecule has 2 rings (SSSR count). The SMILES string of the molecule is CN1C(=O)N(C(C)(C)CN)CC1c1cccc(Br)c1. The summed E-state index contributed by atoms with van der Waals surface area (Å²) in [6.45, 7) is 5.14. The van der Waals surface area contributed by atoms with Gasteiger partial charge in [-0.15, -0.1) is 0 Å². The number of halogens is 1. The number of rotatable bonds is 3. The number of carbonyl (C=O) groups is 1. The molecule has 0 aromatic heterocycles. The number of nitrogens with zero attached hydrogens (tertiary/aromatic N) is 2. The van der Waals surface area contributed by atoms with Gasteiger partial charge in [-0.3, -0.25) is 0 Å². The first-order valence-electron chi connectivity index (χ1n) is 6.37. The molecule has 104 valence electrons. The fourth-order valence-electron chi connectivity index (χ4n) is 2.36. The van der Waals surface area contributed by atoms with Gasteiger partial charge >= 0.3 is 6.03 Å². The third kappa shape index (κ3) is 2.62. The van der Waals surface area contributed by atoms with Gasteiger partial charge in [0.2, 0.25) is 0 Å². The molecule has 1 aromatic carbocycles. The minimum atomic E-state index is -0.313. The standard InChI is InChI=1S/C14H20BrN3O/c1-14(2,9-16)18-8-12(17(3)13(18)19)10-5-4-6-11(15)7-10/h4-7,12H,8-9,16H2,1-3H3. The number of carbonyl (C=O) groups excluding carboxylic acids is 1. The van der Waals surface area contributed by atoms with Gasteiger partial charge in [-0.05, 0) is 31.5 Å². The predicted molar refractivity (Wildman–Crippen MR) is 79.9 cm³/mol. The van der Waals surface area contributed by atoms with E-state index in [4.69, 9.17) is 5.73 Å². The zero-order chi connectivity index (χ0) is 14.2. The summed E-state index contributed by atoms with van der Waals surface area (Å²) in [4.78, 5) is 16.0. The summed E-state index contributed by atoms with van der Waals surface area (Å²) in [5.41, 5.74) is 6.61. The van der Waals surface area contributed by atoms with Gasteiger partial charge in [-0.2, -0.15) is 0 Å². The van der Waals surface area contributed by atoms with Crippen LogP contribution in [0, 0.1) is 0 Å². The largest absolute Gasteiger partial charge is 0.328 e. The fraction of sp³-hybridized carbons (Fsp3) is 0.500. The van der Waals surface area contributed by atoms with Gasteiger partial charge in [0.15, 0.2) is 0 Å². The second kappa shape index (κ2) is 5.13. The van der Waals surface area contributed by atoms with Gasteiger partial charge in [0, 0.05) is 24.6 Å². The Bertz CT molecular complexity index is 489. The average molecular weight is 326 g/mol. The summed E-state index contributed by atoms with van der Waals surface area (Å²) in [5, 5.41) is 0. The van der Waals surface area contributed by atoms with E-state index in [1.807, 2.05) is 37.9 Å². The molecule has 0 aliphatic carbocycles. The molecule has 1 saturated heterocycles. The minimum absolute atomic E-state index is 0.0421. The van der Waals surface area contributed by atoms with E-state index >= 15 is 0 Å². The lowest BCUT2D eigenvalue weighted by Gasteiger charge is -2.33. The fourth-order valence-corrected chi connectivity index (χ4v) is 2.77. The maximum atomic E-state index is 12.4. The maximum absolute atomic E-state index is 12.4. The van der Waals surface area contributed by atoms with Crippen molar-refractivity contribution in [2.24, 2.45) is 5.73 Å². The predicted octanol–water partition coefficient (Wildman–Crippen LogP) is 2.59. The topological polar surface area (TPSA) is 49.6 Å². The molecule has 1 aromatic rings. The van der Waals surface area contributed by atoms with Crippen molar-refractivity contribution in [2.45, 2.75) is 25.4 Å². The van der Waals surface area contributed by atoms with E-state index in [9.17, 15) is 4.79 Å². The quantitative estimate of drug-likeness (QED) is 0.928. The molecule has 1 aliphatic heterocycles. The maximum Gasteiger partial charge on any atom is 0.320 e. The van der Waals surface area contributed by atoms with Crippen molar-refractivity contribution >= 4 is 22.0 Å². The molecule has 0 saturated carbocycles. The molecule has 4 nitrogen and oxygen atoms in total. The molecule has 0 bridgehead atoms. The highest BCUT2D eigenvalue weighted by atomic mass is 79.9. The number of hydrogen-bond acceptors (Lipinski definition) is 2. The molecule has 0 spiro atoms.